The Morgan fingerprint density at radius 2 is 2.12 bits per heavy atom. The molecule has 0 bridgehead atoms. The lowest BCUT2D eigenvalue weighted by atomic mass is 10.1. The molecule has 1 atom stereocenters. The lowest BCUT2D eigenvalue weighted by molar-refractivity contribution is 0.144. The molecule has 0 aliphatic carbocycles. The number of methoxy groups -OCH3 is 1. The topological polar surface area (TPSA) is 30.5 Å². The van der Waals surface area contributed by atoms with Crippen molar-refractivity contribution in [3.63, 3.8) is 0 Å². The van der Waals surface area contributed by atoms with Crippen LogP contribution in [0.25, 0.3) is 0 Å². The summed E-state index contributed by atoms with van der Waals surface area (Å²) in [4.78, 5) is 0. The number of nitrogens with one attached hydrogen (secondary N) is 1. The van der Waals surface area contributed by atoms with Crippen molar-refractivity contribution in [3.05, 3.63) is 29.6 Å². The number of halogens is 1. The molecule has 16 heavy (non-hydrogen) atoms. The minimum Gasteiger partial charge on any atom is -0.488 e. The summed E-state index contributed by atoms with van der Waals surface area (Å²) in [6.45, 7) is 2.78. The van der Waals surface area contributed by atoms with E-state index in [2.05, 4.69) is 5.32 Å². The van der Waals surface area contributed by atoms with Gasteiger partial charge in [-0.05, 0) is 31.7 Å². The van der Waals surface area contributed by atoms with E-state index in [-0.39, 0.29) is 17.6 Å². The number of rotatable bonds is 6. The summed E-state index contributed by atoms with van der Waals surface area (Å²) in [6.07, 6.45) is 0. The molecule has 1 unspecified atom stereocenters. The van der Waals surface area contributed by atoms with E-state index >= 15 is 0 Å². The van der Waals surface area contributed by atoms with Crippen molar-refractivity contribution >= 4 is 0 Å². The Labute approximate surface area is 95.6 Å². The van der Waals surface area contributed by atoms with Crippen LogP contribution in [0.3, 0.4) is 0 Å². The molecule has 0 aliphatic rings. The Kier molecular flexibility index (Phi) is 5.22. The molecule has 0 saturated heterocycles. The first-order valence-corrected chi connectivity index (χ1v) is 5.27. The first-order valence-electron chi connectivity index (χ1n) is 5.27. The van der Waals surface area contributed by atoms with Crippen LogP contribution in [0.5, 0.6) is 5.75 Å². The lowest BCUT2D eigenvalue weighted by Crippen LogP contribution is -2.12. The van der Waals surface area contributed by atoms with Crippen LogP contribution in [-0.2, 0) is 4.74 Å². The highest BCUT2D eigenvalue weighted by molar-refractivity contribution is 5.30. The van der Waals surface area contributed by atoms with Crippen molar-refractivity contribution < 1.29 is 13.9 Å². The number of hydrogen-bond acceptors (Lipinski definition) is 3. The average Bonchev–Trinajstić information content (AvgIpc) is 2.30. The SMILES string of the molecule is CNC(C)c1ccc(OCCOC)c(F)c1. The first-order chi connectivity index (χ1) is 7.69. The summed E-state index contributed by atoms with van der Waals surface area (Å²) in [7, 11) is 3.42. The predicted octanol–water partition coefficient (Wildman–Crippen LogP) is 2.13. The van der Waals surface area contributed by atoms with Gasteiger partial charge in [-0.25, -0.2) is 4.39 Å². The Morgan fingerprint density at radius 3 is 2.69 bits per heavy atom. The van der Waals surface area contributed by atoms with Crippen molar-refractivity contribution in [1.29, 1.82) is 0 Å². The normalized spacial score (nSPS) is 12.5. The van der Waals surface area contributed by atoms with Crippen LogP contribution >= 0.6 is 0 Å². The van der Waals surface area contributed by atoms with Crippen LogP contribution in [0.4, 0.5) is 4.39 Å². The monoisotopic (exact) mass is 227 g/mol. The van der Waals surface area contributed by atoms with Crippen molar-refractivity contribution in [3.8, 4) is 5.75 Å². The highest BCUT2D eigenvalue weighted by Crippen LogP contribution is 2.21. The molecule has 1 rings (SSSR count). The van der Waals surface area contributed by atoms with Gasteiger partial charge >= 0.3 is 0 Å². The summed E-state index contributed by atoms with van der Waals surface area (Å²) in [5, 5.41) is 3.05. The fourth-order valence-electron chi connectivity index (χ4n) is 1.31. The smallest absolute Gasteiger partial charge is 0.165 e. The minimum absolute atomic E-state index is 0.127. The molecule has 0 aliphatic heterocycles. The van der Waals surface area contributed by atoms with E-state index in [9.17, 15) is 4.39 Å². The lowest BCUT2D eigenvalue weighted by Gasteiger charge is -2.12. The average molecular weight is 227 g/mol. The quantitative estimate of drug-likeness (QED) is 0.755. The molecular weight excluding hydrogens is 209 g/mol. The Balaban J connectivity index is 2.67. The molecule has 0 radical (unpaired) electrons. The molecular formula is C12H18FNO2. The standard InChI is InChI=1S/C12H18FNO2/c1-9(14-2)10-4-5-12(11(13)8-10)16-7-6-15-3/h4-5,8-9,14H,6-7H2,1-3H3. The fraction of sp³-hybridized carbons (Fsp3) is 0.500. The molecule has 1 aromatic rings. The van der Waals surface area contributed by atoms with E-state index in [1.54, 1.807) is 13.2 Å². The summed E-state index contributed by atoms with van der Waals surface area (Å²) >= 11 is 0. The highest BCUT2D eigenvalue weighted by atomic mass is 19.1. The van der Waals surface area contributed by atoms with Crippen LogP contribution in [0.15, 0.2) is 18.2 Å². The number of ether oxygens (including phenoxy) is 2. The van der Waals surface area contributed by atoms with Crippen LogP contribution in [-0.4, -0.2) is 27.4 Å². The van der Waals surface area contributed by atoms with Gasteiger partial charge in [0.1, 0.15) is 6.61 Å². The van der Waals surface area contributed by atoms with Gasteiger partial charge in [0.15, 0.2) is 11.6 Å². The van der Waals surface area contributed by atoms with E-state index in [1.165, 1.54) is 6.07 Å². The number of benzene rings is 1. The maximum absolute atomic E-state index is 13.6. The van der Waals surface area contributed by atoms with E-state index in [4.69, 9.17) is 9.47 Å². The van der Waals surface area contributed by atoms with Gasteiger partial charge in [-0.1, -0.05) is 6.07 Å². The van der Waals surface area contributed by atoms with E-state index < -0.39 is 0 Å². The highest BCUT2D eigenvalue weighted by Gasteiger charge is 2.08. The molecule has 90 valence electrons. The van der Waals surface area contributed by atoms with Gasteiger partial charge in [-0.15, -0.1) is 0 Å². The zero-order valence-electron chi connectivity index (χ0n) is 9.92. The van der Waals surface area contributed by atoms with E-state index in [1.807, 2.05) is 20.0 Å². The van der Waals surface area contributed by atoms with Gasteiger partial charge in [-0.3, -0.25) is 0 Å². The third kappa shape index (κ3) is 3.47. The third-order valence-electron chi connectivity index (χ3n) is 2.43. The second-order valence-electron chi connectivity index (χ2n) is 3.54. The molecule has 0 amide bonds. The fourth-order valence-corrected chi connectivity index (χ4v) is 1.31. The van der Waals surface area contributed by atoms with Gasteiger partial charge in [-0.2, -0.15) is 0 Å². The maximum atomic E-state index is 13.6. The second kappa shape index (κ2) is 6.45. The van der Waals surface area contributed by atoms with E-state index in [0.29, 0.717) is 13.2 Å². The van der Waals surface area contributed by atoms with Gasteiger partial charge in [0.05, 0.1) is 6.61 Å². The minimum atomic E-state index is -0.337. The third-order valence-corrected chi connectivity index (χ3v) is 2.43. The Bertz CT molecular complexity index is 331. The first kappa shape index (κ1) is 12.9. The van der Waals surface area contributed by atoms with Crippen molar-refractivity contribution in [2.24, 2.45) is 0 Å². The largest absolute Gasteiger partial charge is 0.488 e. The summed E-state index contributed by atoms with van der Waals surface area (Å²) < 4.78 is 23.6. The van der Waals surface area contributed by atoms with Crippen molar-refractivity contribution in [1.82, 2.24) is 5.32 Å². The summed E-state index contributed by atoms with van der Waals surface area (Å²) in [6, 6.07) is 5.12. The molecule has 0 saturated carbocycles. The molecule has 0 aromatic heterocycles. The molecule has 0 spiro atoms. The molecule has 0 heterocycles. The zero-order chi connectivity index (χ0) is 12.0. The van der Waals surface area contributed by atoms with Crippen LogP contribution in [0, 0.1) is 5.82 Å². The van der Waals surface area contributed by atoms with Gasteiger partial charge in [0.25, 0.3) is 0 Å². The van der Waals surface area contributed by atoms with Crippen molar-refractivity contribution in [2.75, 3.05) is 27.4 Å². The van der Waals surface area contributed by atoms with Crippen LogP contribution in [0.1, 0.15) is 18.5 Å². The Hall–Kier alpha value is -1.13. The van der Waals surface area contributed by atoms with Gasteiger partial charge in [0, 0.05) is 13.2 Å². The molecule has 1 aromatic carbocycles. The molecule has 4 heteroatoms. The molecule has 3 nitrogen and oxygen atoms in total. The summed E-state index contributed by atoms with van der Waals surface area (Å²) in [5.74, 6) is -0.0696. The van der Waals surface area contributed by atoms with Crippen molar-refractivity contribution in [2.45, 2.75) is 13.0 Å². The molecule has 0 fully saturated rings. The number of hydrogen-bond donors (Lipinski definition) is 1. The maximum Gasteiger partial charge on any atom is 0.165 e. The van der Waals surface area contributed by atoms with E-state index in [0.717, 1.165) is 5.56 Å². The van der Waals surface area contributed by atoms with Gasteiger partial charge in [0.2, 0.25) is 0 Å². The van der Waals surface area contributed by atoms with Gasteiger partial charge < -0.3 is 14.8 Å². The predicted molar refractivity (Wildman–Crippen MR) is 61.2 cm³/mol. The summed E-state index contributed by atoms with van der Waals surface area (Å²) in [5.41, 5.74) is 0.902. The molecule has 1 N–H and O–H groups in total. The zero-order valence-corrected chi connectivity index (χ0v) is 9.92. The second-order valence-corrected chi connectivity index (χ2v) is 3.54. The van der Waals surface area contributed by atoms with Crippen LogP contribution in [0.2, 0.25) is 0 Å². The Morgan fingerprint density at radius 1 is 1.38 bits per heavy atom. The van der Waals surface area contributed by atoms with Crippen LogP contribution < -0.4 is 10.1 Å².